The van der Waals surface area contributed by atoms with E-state index in [1.807, 2.05) is 35.2 Å². The topological polar surface area (TPSA) is 69.9 Å². The molecule has 1 aromatic carbocycles. The predicted molar refractivity (Wildman–Crippen MR) is 99.0 cm³/mol. The zero-order valence-electron chi connectivity index (χ0n) is 15.5. The molecule has 2 amide bonds. The fourth-order valence-corrected chi connectivity index (χ4v) is 3.89. The van der Waals surface area contributed by atoms with Gasteiger partial charge in [-0.25, -0.2) is 0 Å². The maximum absolute atomic E-state index is 13.0. The van der Waals surface area contributed by atoms with Gasteiger partial charge in [0.15, 0.2) is 5.69 Å². The number of hydrogen-bond donors (Lipinski definition) is 0. The van der Waals surface area contributed by atoms with E-state index in [0.29, 0.717) is 44.1 Å². The van der Waals surface area contributed by atoms with Gasteiger partial charge in [0.05, 0.1) is 6.04 Å². The number of hydrogen-bond acceptors (Lipinski definition) is 5. The van der Waals surface area contributed by atoms with E-state index in [1.165, 1.54) is 0 Å². The molecule has 4 rings (SSSR count). The quantitative estimate of drug-likeness (QED) is 0.822. The predicted octanol–water partition coefficient (Wildman–Crippen LogP) is 1.54. The summed E-state index contributed by atoms with van der Waals surface area (Å²) in [5, 5.41) is 3.83. The molecular weight excluding hydrogens is 344 g/mol. The molecule has 7 nitrogen and oxygen atoms in total. The summed E-state index contributed by atoms with van der Waals surface area (Å²) in [6, 6.07) is 11.6. The van der Waals surface area contributed by atoms with Gasteiger partial charge in [-0.1, -0.05) is 35.5 Å². The van der Waals surface area contributed by atoms with E-state index in [4.69, 9.17) is 4.52 Å². The Morgan fingerprint density at radius 1 is 1.15 bits per heavy atom. The molecule has 0 bridgehead atoms. The van der Waals surface area contributed by atoms with Crippen LogP contribution in [0.2, 0.25) is 0 Å². The Kier molecular flexibility index (Phi) is 4.94. The van der Waals surface area contributed by atoms with E-state index in [2.05, 4.69) is 10.1 Å². The summed E-state index contributed by atoms with van der Waals surface area (Å²) in [5.41, 5.74) is 1.48. The molecule has 2 aliphatic heterocycles. The lowest BCUT2D eigenvalue weighted by molar-refractivity contribution is -0.142. The number of piperazine rings is 1. The van der Waals surface area contributed by atoms with Crippen LogP contribution in [0.25, 0.3) is 0 Å². The summed E-state index contributed by atoms with van der Waals surface area (Å²) in [7, 11) is 0. The van der Waals surface area contributed by atoms with Crippen molar-refractivity contribution < 1.29 is 14.1 Å². The summed E-state index contributed by atoms with van der Waals surface area (Å²) in [5.74, 6) is 0.661. The van der Waals surface area contributed by atoms with Gasteiger partial charge in [-0.2, -0.15) is 0 Å². The zero-order valence-corrected chi connectivity index (χ0v) is 15.5. The Bertz CT molecular complexity index is 820. The second-order valence-corrected chi connectivity index (χ2v) is 7.20. The first kappa shape index (κ1) is 17.7. The van der Waals surface area contributed by atoms with Crippen molar-refractivity contribution in [3.8, 4) is 0 Å². The second-order valence-electron chi connectivity index (χ2n) is 7.20. The van der Waals surface area contributed by atoms with Crippen molar-refractivity contribution in [2.45, 2.75) is 25.9 Å². The van der Waals surface area contributed by atoms with E-state index in [-0.39, 0.29) is 17.9 Å². The molecule has 0 N–H and O–H groups in total. The number of aromatic nitrogens is 1. The highest BCUT2D eigenvalue weighted by Crippen LogP contribution is 2.21. The molecule has 1 atom stereocenters. The van der Waals surface area contributed by atoms with Crippen molar-refractivity contribution >= 4 is 11.8 Å². The van der Waals surface area contributed by atoms with Crippen molar-refractivity contribution in [1.29, 1.82) is 0 Å². The number of amides is 2. The van der Waals surface area contributed by atoms with Crippen LogP contribution >= 0.6 is 0 Å². The van der Waals surface area contributed by atoms with E-state index in [9.17, 15) is 9.59 Å². The van der Waals surface area contributed by atoms with Gasteiger partial charge < -0.3 is 14.3 Å². The van der Waals surface area contributed by atoms with Crippen molar-refractivity contribution in [2.75, 3.05) is 32.7 Å². The molecule has 0 spiro atoms. The van der Waals surface area contributed by atoms with E-state index in [1.54, 1.807) is 17.9 Å². The molecular formula is C20H24N4O3. The molecule has 7 heteroatoms. The van der Waals surface area contributed by atoms with Gasteiger partial charge >= 0.3 is 0 Å². The minimum Gasteiger partial charge on any atom is -0.361 e. The Labute approximate surface area is 158 Å². The van der Waals surface area contributed by atoms with Gasteiger partial charge in [-0.05, 0) is 18.9 Å². The SMILES string of the molecule is Cc1cc(C(=O)N2CCC3C(=O)N(Cc4ccccc4)CCN3CC2)no1. The van der Waals surface area contributed by atoms with Crippen molar-refractivity contribution in [1.82, 2.24) is 19.9 Å². The lowest BCUT2D eigenvalue weighted by Crippen LogP contribution is -2.56. The van der Waals surface area contributed by atoms with Crippen LogP contribution < -0.4 is 0 Å². The standard InChI is InChI=1S/C20H24N4O3/c1-15-13-17(21-27-15)19(25)23-8-7-18-20(26)24(12-10-22(18)9-11-23)14-16-5-3-2-4-6-16/h2-6,13,18H,7-12,14H2,1H3. The van der Waals surface area contributed by atoms with Crippen LogP contribution in [-0.4, -0.2) is 70.4 Å². The zero-order chi connectivity index (χ0) is 18.8. The van der Waals surface area contributed by atoms with Crippen LogP contribution in [0.3, 0.4) is 0 Å². The van der Waals surface area contributed by atoms with Gasteiger partial charge in [0.2, 0.25) is 5.91 Å². The summed E-state index contributed by atoms with van der Waals surface area (Å²) < 4.78 is 5.02. The third-order valence-corrected chi connectivity index (χ3v) is 5.37. The monoisotopic (exact) mass is 368 g/mol. The summed E-state index contributed by atoms with van der Waals surface area (Å²) >= 11 is 0. The molecule has 2 aromatic rings. The number of aryl methyl sites for hydroxylation is 1. The molecule has 0 aliphatic carbocycles. The molecule has 2 aliphatic rings. The average molecular weight is 368 g/mol. The summed E-state index contributed by atoms with van der Waals surface area (Å²) in [6.07, 6.45) is 0.646. The number of nitrogens with zero attached hydrogens (tertiary/aromatic N) is 4. The molecule has 3 heterocycles. The molecule has 2 fully saturated rings. The minimum atomic E-state index is -0.153. The minimum absolute atomic E-state index is 0.125. The molecule has 1 unspecified atom stereocenters. The van der Waals surface area contributed by atoms with Crippen molar-refractivity contribution in [2.24, 2.45) is 0 Å². The highest BCUT2D eigenvalue weighted by molar-refractivity contribution is 5.92. The first-order valence-corrected chi connectivity index (χ1v) is 9.41. The fraction of sp³-hybridized carbons (Fsp3) is 0.450. The normalized spacial score (nSPS) is 21.1. The Morgan fingerprint density at radius 2 is 1.93 bits per heavy atom. The third kappa shape index (κ3) is 3.73. The summed E-state index contributed by atoms with van der Waals surface area (Å²) in [6.45, 7) is 5.84. The third-order valence-electron chi connectivity index (χ3n) is 5.37. The molecule has 0 radical (unpaired) electrons. The Morgan fingerprint density at radius 3 is 2.67 bits per heavy atom. The number of rotatable bonds is 3. The second kappa shape index (κ2) is 7.52. The van der Waals surface area contributed by atoms with E-state index >= 15 is 0 Å². The van der Waals surface area contributed by atoms with Crippen LogP contribution in [0, 0.1) is 6.92 Å². The highest BCUT2D eigenvalue weighted by atomic mass is 16.5. The maximum atomic E-state index is 13.0. The van der Waals surface area contributed by atoms with Crippen molar-refractivity contribution in [3.05, 3.63) is 53.4 Å². The Hall–Kier alpha value is -2.67. The highest BCUT2D eigenvalue weighted by Gasteiger charge is 2.37. The van der Waals surface area contributed by atoms with Crippen LogP contribution in [0.1, 0.15) is 28.2 Å². The molecule has 2 saturated heterocycles. The van der Waals surface area contributed by atoms with Gasteiger partial charge in [0.1, 0.15) is 5.76 Å². The van der Waals surface area contributed by atoms with Crippen LogP contribution in [0.5, 0.6) is 0 Å². The first-order chi connectivity index (χ1) is 13.1. The van der Waals surface area contributed by atoms with Gasteiger partial charge in [0, 0.05) is 45.3 Å². The maximum Gasteiger partial charge on any atom is 0.276 e. The molecule has 1 aromatic heterocycles. The van der Waals surface area contributed by atoms with E-state index < -0.39 is 0 Å². The largest absolute Gasteiger partial charge is 0.361 e. The Balaban J connectivity index is 1.42. The molecule has 0 saturated carbocycles. The van der Waals surface area contributed by atoms with Crippen molar-refractivity contribution in [3.63, 3.8) is 0 Å². The summed E-state index contributed by atoms with van der Waals surface area (Å²) in [4.78, 5) is 31.6. The number of fused-ring (bicyclic) bond motifs is 1. The number of carbonyl (C=O) groups excluding carboxylic acids is 2. The molecule has 27 heavy (non-hydrogen) atoms. The van der Waals surface area contributed by atoms with Crippen LogP contribution in [0.4, 0.5) is 0 Å². The molecule has 142 valence electrons. The number of benzene rings is 1. The van der Waals surface area contributed by atoms with Gasteiger partial charge in [-0.3, -0.25) is 14.5 Å². The fourth-order valence-electron chi connectivity index (χ4n) is 3.89. The van der Waals surface area contributed by atoms with E-state index in [0.717, 1.165) is 18.7 Å². The lowest BCUT2D eigenvalue weighted by atomic mass is 10.1. The van der Waals surface area contributed by atoms with Gasteiger partial charge in [-0.15, -0.1) is 0 Å². The number of carbonyl (C=O) groups is 2. The first-order valence-electron chi connectivity index (χ1n) is 9.41. The van der Waals surface area contributed by atoms with Crippen LogP contribution in [0.15, 0.2) is 40.9 Å². The smallest absolute Gasteiger partial charge is 0.276 e. The average Bonchev–Trinajstić information content (AvgIpc) is 2.99. The van der Waals surface area contributed by atoms with Gasteiger partial charge in [0.25, 0.3) is 5.91 Å². The van der Waals surface area contributed by atoms with Crippen LogP contribution in [-0.2, 0) is 11.3 Å². The lowest BCUT2D eigenvalue weighted by Gasteiger charge is -2.39.